The van der Waals surface area contributed by atoms with Gasteiger partial charge in [-0.3, -0.25) is 4.40 Å². The van der Waals surface area contributed by atoms with Crippen LogP contribution in [0.4, 0.5) is 11.5 Å². The fraction of sp³-hybridized carbons (Fsp3) is 0.0417. The van der Waals surface area contributed by atoms with E-state index in [0.29, 0.717) is 0 Å². The Bertz CT molecular complexity index is 1390. The molecule has 0 saturated heterocycles. The Morgan fingerprint density at radius 3 is 2.41 bits per heavy atom. The first-order valence-corrected chi connectivity index (χ1v) is 9.54. The van der Waals surface area contributed by atoms with E-state index in [2.05, 4.69) is 69.1 Å². The predicted molar refractivity (Wildman–Crippen MR) is 115 cm³/mol. The number of para-hydroxylation sites is 1. The number of pyridine rings is 1. The summed E-state index contributed by atoms with van der Waals surface area (Å²) in [4.78, 5) is 13.4. The molecule has 5 heteroatoms. The second kappa shape index (κ2) is 6.01. The smallest absolute Gasteiger partial charge is 0.143 e. The summed E-state index contributed by atoms with van der Waals surface area (Å²) in [6, 6.07) is 20.9. The van der Waals surface area contributed by atoms with Crippen molar-refractivity contribution in [3.05, 3.63) is 84.9 Å². The minimum atomic E-state index is 0.922. The zero-order chi connectivity index (χ0) is 19.4. The van der Waals surface area contributed by atoms with Crippen molar-refractivity contribution in [1.29, 1.82) is 0 Å². The molecule has 138 valence electrons. The maximum atomic E-state index is 5.01. The summed E-state index contributed by atoms with van der Waals surface area (Å²) in [6.07, 6.45) is 5.23. The highest BCUT2D eigenvalue weighted by Crippen LogP contribution is 2.44. The highest BCUT2D eigenvalue weighted by Gasteiger charge is 2.25. The average molecular weight is 375 g/mol. The molecular formula is C24H17N5. The number of benzene rings is 2. The number of hydrogen-bond acceptors (Lipinski definition) is 4. The number of nitrogens with one attached hydrogen (secondary N) is 1. The van der Waals surface area contributed by atoms with Gasteiger partial charge in [-0.2, -0.15) is 0 Å². The third-order valence-corrected chi connectivity index (χ3v) is 5.49. The zero-order valence-corrected chi connectivity index (χ0v) is 15.8. The van der Waals surface area contributed by atoms with Gasteiger partial charge in [0.25, 0.3) is 0 Å². The van der Waals surface area contributed by atoms with E-state index in [-0.39, 0.29) is 0 Å². The summed E-state index contributed by atoms with van der Waals surface area (Å²) in [5.74, 6) is 0.988. The summed E-state index contributed by atoms with van der Waals surface area (Å²) in [5.41, 5.74) is 9.61. The molecule has 0 unspecified atom stereocenters. The monoisotopic (exact) mass is 375 g/mol. The summed E-state index contributed by atoms with van der Waals surface area (Å²) >= 11 is 0. The van der Waals surface area contributed by atoms with Crippen molar-refractivity contribution in [2.75, 3.05) is 5.32 Å². The third-order valence-electron chi connectivity index (χ3n) is 5.49. The SMILES string of the molecule is Cc1cccc2c1Nc1c(-c3ccccc3-c3cncnc3)nc3cccc-2n13. The highest BCUT2D eigenvalue weighted by molar-refractivity contribution is 5.95. The molecule has 1 N–H and O–H groups in total. The van der Waals surface area contributed by atoms with Crippen molar-refractivity contribution in [1.82, 2.24) is 19.4 Å². The van der Waals surface area contributed by atoms with Crippen LogP contribution in [0.1, 0.15) is 5.56 Å². The number of aryl methyl sites for hydroxylation is 1. The first-order chi connectivity index (χ1) is 14.3. The van der Waals surface area contributed by atoms with Gasteiger partial charge in [-0.05, 0) is 30.2 Å². The molecule has 2 aromatic carbocycles. The third kappa shape index (κ3) is 2.31. The molecule has 5 aromatic rings. The van der Waals surface area contributed by atoms with Gasteiger partial charge in [0.05, 0.1) is 11.4 Å². The van der Waals surface area contributed by atoms with Crippen LogP contribution in [0.3, 0.4) is 0 Å². The van der Waals surface area contributed by atoms with Crippen molar-refractivity contribution in [2.24, 2.45) is 0 Å². The molecule has 0 saturated carbocycles. The Balaban J connectivity index is 1.66. The van der Waals surface area contributed by atoms with Crippen LogP contribution in [-0.2, 0) is 0 Å². The normalized spacial score (nSPS) is 11.9. The van der Waals surface area contributed by atoms with Crippen molar-refractivity contribution < 1.29 is 0 Å². The van der Waals surface area contributed by atoms with Crippen molar-refractivity contribution in [3.8, 4) is 33.6 Å². The fourth-order valence-corrected chi connectivity index (χ4v) is 4.15. The van der Waals surface area contributed by atoms with Crippen molar-refractivity contribution in [2.45, 2.75) is 6.92 Å². The molecule has 3 aromatic heterocycles. The van der Waals surface area contributed by atoms with E-state index in [1.54, 1.807) is 6.33 Å². The maximum absolute atomic E-state index is 5.01. The average Bonchev–Trinajstić information content (AvgIpc) is 3.15. The largest absolute Gasteiger partial charge is 0.339 e. The molecule has 1 aliphatic heterocycles. The number of imidazole rings is 1. The molecule has 4 heterocycles. The summed E-state index contributed by atoms with van der Waals surface area (Å²) in [7, 11) is 0. The summed E-state index contributed by atoms with van der Waals surface area (Å²) in [6.45, 7) is 2.13. The fourth-order valence-electron chi connectivity index (χ4n) is 4.15. The van der Waals surface area contributed by atoms with Crippen LogP contribution in [0, 0.1) is 6.92 Å². The van der Waals surface area contributed by atoms with Crippen molar-refractivity contribution in [3.63, 3.8) is 0 Å². The van der Waals surface area contributed by atoms with E-state index < -0.39 is 0 Å². The Kier molecular flexibility index (Phi) is 3.32. The lowest BCUT2D eigenvalue weighted by atomic mass is 9.98. The van der Waals surface area contributed by atoms with Gasteiger partial charge >= 0.3 is 0 Å². The van der Waals surface area contributed by atoms with Crippen LogP contribution in [0.2, 0.25) is 0 Å². The molecular weight excluding hydrogens is 358 g/mol. The standard InChI is InChI=1S/C24H17N5/c1-15-6-4-9-19-20-10-5-11-21-27-23(24(29(20)21)28-22(15)19)18-8-3-2-7-17(18)16-12-25-14-26-13-16/h2-14,28H,1H3. The Hall–Kier alpha value is -3.99. The lowest BCUT2D eigenvalue weighted by Crippen LogP contribution is -2.08. The van der Waals surface area contributed by atoms with E-state index in [0.717, 1.165) is 45.2 Å². The van der Waals surface area contributed by atoms with E-state index in [1.165, 1.54) is 11.1 Å². The second-order valence-corrected chi connectivity index (χ2v) is 7.21. The Morgan fingerprint density at radius 1 is 0.793 bits per heavy atom. The molecule has 0 radical (unpaired) electrons. The Labute approximate surface area is 167 Å². The second-order valence-electron chi connectivity index (χ2n) is 7.21. The van der Waals surface area contributed by atoms with Gasteiger partial charge in [-0.15, -0.1) is 0 Å². The number of aromatic nitrogens is 4. The van der Waals surface area contributed by atoms with Gasteiger partial charge in [-0.25, -0.2) is 15.0 Å². The lowest BCUT2D eigenvalue weighted by molar-refractivity contribution is 1.16. The van der Waals surface area contributed by atoms with Gasteiger partial charge < -0.3 is 5.32 Å². The number of hydrogen-bond donors (Lipinski definition) is 1. The van der Waals surface area contributed by atoms with Gasteiger partial charge in [0.1, 0.15) is 23.5 Å². The highest BCUT2D eigenvalue weighted by atomic mass is 15.2. The zero-order valence-electron chi connectivity index (χ0n) is 15.8. The quantitative estimate of drug-likeness (QED) is 0.435. The van der Waals surface area contributed by atoms with E-state index in [1.807, 2.05) is 30.6 Å². The van der Waals surface area contributed by atoms with E-state index in [4.69, 9.17) is 4.98 Å². The predicted octanol–water partition coefficient (Wildman–Crippen LogP) is 5.49. The minimum absolute atomic E-state index is 0.922. The van der Waals surface area contributed by atoms with Crippen molar-refractivity contribution >= 4 is 17.2 Å². The molecule has 29 heavy (non-hydrogen) atoms. The number of fused-ring (bicyclic) bond motifs is 2. The van der Waals surface area contributed by atoms with Gasteiger partial charge in [-0.1, -0.05) is 48.5 Å². The van der Waals surface area contributed by atoms with Gasteiger partial charge in [0.15, 0.2) is 0 Å². The van der Waals surface area contributed by atoms with Crippen LogP contribution in [0.25, 0.3) is 39.3 Å². The van der Waals surface area contributed by atoms with Gasteiger partial charge in [0.2, 0.25) is 0 Å². The maximum Gasteiger partial charge on any atom is 0.143 e. The molecule has 0 amide bonds. The molecule has 0 spiro atoms. The number of anilines is 2. The molecule has 6 rings (SSSR count). The first-order valence-electron chi connectivity index (χ1n) is 9.54. The van der Waals surface area contributed by atoms with E-state index in [9.17, 15) is 0 Å². The van der Waals surface area contributed by atoms with Crippen LogP contribution >= 0.6 is 0 Å². The van der Waals surface area contributed by atoms with Gasteiger partial charge in [0, 0.05) is 29.1 Å². The van der Waals surface area contributed by atoms with Crippen LogP contribution < -0.4 is 5.32 Å². The molecule has 0 aliphatic carbocycles. The van der Waals surface area contributed by atoms with Crippen LogP contribution in [-0.4, -0.2) is 19.4 Å². The lowest BCUT2D eigenvalue weighted by Gasteiger charge is -2.23. The van der Waals surface area contributed by atoms with Crippen LogP contribution in [0.5, 0.6) is 0 Å². The molecule has 0 bridgehead atoms. The molecule has 0 fully saturated rings. The molecule has 5 nitrogen and oxygen atoms in total. The van der Waals surface area contributed by atoms with E-state index >= 15 is 0 Å². The number of nitrogens with zero attached hydrogens (tertiary/aromatic N) is 4. The minimum Gasteiger partial charge on any atom is -0.339 e. The number of rotatable bonds is 2. The molecule has 1 aliphatic rings. The summed E-state index contributed by atoms with van der Waals surface area (Å²) < 4.78 is 2.20. The van der Waals surface area contributed by atoms with Crippen LogP contribution in [0.15, 0.2) is 79.4 Å². The summed E-state index contributed by atoms with van der Waals surface area (Å²) in [5, 5.41) is 3.67. The topological polar surface area (TPSA) is 55.1 Å². The first kappa shape index (κ1) is 16.0. The molecule has 0 atom stereocenters. The Morgan fingerprint density at radius 2 is 1.55 bits per heavy atom.